The molecule has 0 atom stereocenters. The van der Waals surface area contributed by atoms with Crippen molar-refractivity contribution < 1.29 is 4.79 Å². The molecule has 2 aromatic heterocycles. The maximum absolute atomic E-state index is 12.4. The van der Waals surface area contributed by atoms with Gasteiger partial charge in [-0.3, -0.25) is 4.79 Å². The average molecular weight is 369 g/mol. The van der Waals surface area contributed by atoms with Crippen molar-refractivity contribution in [2.75, 3.05) is 5.32 Å². The monoisotopic (exact) mass is 368 g/mol. The molecule has 0 aliphatic rings. The molecule has 1 N–H and O–H groups in total. The van der Waals surface area contributed by atoms with E-state index in [1.54, 1.807) is 29.5 Å². The van der Waals surface area contributed by atoms with Gasteiger partial charge in [0.1, 0.15) is 9.88 Å². The first kappa shape index (κ1) is 15.5. The SMILES string of the molecule is Cc1nc(-c2ccsc2)sc1C(=O)Nc1cc(Cl)ccc1Cl. The summed E-state index contributed by atoms with van der Waals surface area (Å²) in [6, 6.07) is 6.93. The lowest BCUT2D eigenvalue weighted by molar-refractivity contribution is 0.103. The minimum absolute atomic E-state index is 0.236. The number of thiazole rings is 1. The minimum Gasteiger partial charge on any atom is -0.320 e. The Labute approximate surface area is 145 Å². The van der Waals surface area contributed by atoms with Gasteiger partial charge in [-0.15, -0.1) is 11.3 Å². The second-order valence-electron chi connectivity index (χ2n) is 4.52. The number of nitrogens with zero attached hydrogens (tertiary/aromatic N) is 1. The molecule has 1 aromatic carbocycles. The standard InChI is InChI=1S/C15H10Cl2N2OS2/c1-8-13(22-15(18-8)9-4-5-21-7-9)14(20)19-12-6-10(16)2-3-11(12)17/h2-7H,1H3,(H,19,20). The van der Waals surface area contributed by atoms with Crippen LogP contribution in [0.4, 0.5) is 5.69 Å². The average Bonchev–Trinajstić information content (AvgIpc) is 3.11. The summed E-state index contributed by atoms with van der Waals surface area (Å²) in [5.41, 5.74) is 2.21. The third kappa shape index (κ3) is 3.17. The van der Waals surface area contributed by atoms with Gasteiger partial charge >= 0.3 is 0 Å². The molecule has 0 aliphatic heterocycles. The number of benzene rings is 1. The van der Waals surface area contributed by atoms with Gasteiger partial charge in [0.05, 0.1) is 16.4 Å². The molecule has 1 amide bonds. The van der Waals surface area contributed by atoms with E-state index in [1.165, 1.54) is 11.3 Å². The van der Waals surface area contributed by atoms with Crippen molar-refractivity contribution in [2.45, 2.75) is 6.92 Å². The van der Waals surface area contributed by atoms with Crippen LogP contribution in [-0.2, 0) is 0 Å². The van der Waals surface area contributed by atoms with Crippen LogP contribution in [0.15, 0.2) is 35.0 Å². The molecule has 3 aromatic rings. The Bertz CT molecular complexity index is 828. The molecule has 7 heteroatoms. The van der Waals surface area contributed by atoms with Crippen molar-refractivity contribution in [1.29, 1.82) is 0 Å². The van der Waals surface area contributed by atoms with E-state index in [9.17, 15) is 4.79 Å². The van der Waals surface area contributed by atoms with E-state index >= 15 is 0 Å². The number of carbonyl (C=O) groups excluding carboxylic acids is 1. The topological polar surface area (TPSA) is 42.0 Å². The Morgan fingerprint density at radius 1 is 1.27 bits per heavy atom. The predicted molar refractivity (Wildman–Crippen MR) is 94.6 cm³/mol. The fourth-order valence-corrected chi connectivity index (χ4v) is 3.90. The zero-order chi connectivity index (χ0) is 15.7. The fourth-order valence-electron chi connectivity index (χ4n) is 1.89. The van der Waals surface area contributed by atoms with Gasteiger partial charge in [-0.1, -0.05) is 23.2 Å². The third-order valence-electron chi connectivity index (χ3n) is 2.95. The number of anilines is 1. The van der Waals surface area contributed by atoms with E-state index in [4.69, 9.17) is 23.2 Å². The van der Waals surface area contributed by atoms with Gasteiger partial charge < -0.3 is 5.32 Å². The fraction of sp³-hybridized carbons (Fsp3) is 0.0667. The highest BCUT2D eigenvalue weighted by molar-refractivity contribution is 7.17. The van der Waals surface area contributed by atoms with Gasteiger partial charge in [0.2, 0.25) is 0 Å². The quantitative estimate of drug-likeness (QED) is 0.640. The first-order valence-electron chi connectivity index (χ1n) is 6.31. The molecule has 3 rings (SSSR count). The van der Waals surface area contributed by atoms with Gasteiger partial charge in [-0.05, 0) is 36.6 Å². The summed E-state index contributed by atoms with van der Waals surface area (Å²) in [7, 11) is 0. The van der Waals surface area contributed by atoms with Crippen molar-refractivity contribution >= 4 is 57.5 Å². The Kier molecular flexibility index (Phi) is 4.49. The molecular weight excluding hydrogens is 359 g/mol. The summed E-state index contributed by atoms with van der Waals surface area (Å²) >= 11 is 15.0. The van der Waals surface area contributed by atoms with Gasteiger partial charge in [0.15, 0.2) is 0 Å². The lowest BCUT2D eigenvalue weighted by Crippen LogP contribution is -2.11. The van der Waals surface area contributed by atoms with Crippen LogP contribution in [0.1, 0.15) is 15.4 Å². The Balaban J connectivity index is 1.88. The number of hydrogen-bond donors (Lipinski definition) is 1. The minimum atomic E-state index is -0.236. The summed E-state index contributed by atoms with van der Waals surface area (Å²) in [5.74, 6) is -0.236. The molecule has 0 unspecified atom stereocenters. The largest absolute Gasteiger partial charge is 0.320 e. The maximum Gasteiger partial charge on any atom is 0.267 e. The van der Waals surface area contributed by atoms with Crippen LogP contribution in [-0.4, -0.2) is 10.9 Å². The van der Waals surface area contributed by atoms with Crippen molar-refractivity contribution in [3.8, 4) is 10.6 Å². The van der Waals surface area contributed by atoms with Crippen LogP contribution < -0.4 is 5.32 Å². The van der Waals surface area contributed by atoms with E-state index < -0.39 is 0 Å². The zero-order valence-electron chi connectivity index (χ0n) is 11.4. The van der Waals surface area contributed by atoms with Crippen molar-refractivity contribution in [3.63, 3.8) is 0 Å². The van der Waals surface area contributed by atoms with Gasteiger partial charge in [0, 0.05) is 16.0 Å². The number of nitrogens with one attached hydrogen (secondary N) is 1. The third-order valence-corrected chi connectivity index (χ3v) is 5.40. The first-order valence-corrected chi connectivity index (χ1v) is 8.82. The molecule has 0 saturated heterocycles. The number of aryl methyl sites for hydroxylation is 1. The Hall–Kier alpha value is -1.40. The first-order chi connectivity index (χ1) is 10.5. The van der Waals surface area contributed by atoms with E-state index in [1.807, 2.05) is 23.8 Å². The number of thiophene rings is 1. The summed E-state index contributed by atoms with van der Waals surface area (Å²) in [6.07, 6.45) is 0. The van der Waals surface area contributed by atoms with Crippen LogP contribution in [0.25, 0.3) is 10.6 Å². The van der Waals surface area contributed by atoms with Crippen LogP contribution >= 0.6 is 45.9 Å². The van der Waals surface area contributed by atoms with E-state index in [-0.39, 0.29) is 5.91 Å². The highest BCUT2D eigenvalue weighted by Gasteiger charge is 2.17. The van der Waals surface area contributed by atoms with E-state index in [2.05, 4.69) is 10.3 Å². The summed E-state index contributed by atoms with van der Waals surface area (Å²) < 4.78 is 0. The van der Waals surface area contributed by atoms with Crippen LogP contribution in [0.2, 0.25) is 10.0 Å². The summed E-state index contributed by atoms with van der Waals surface area (Å²) in [4.78, 5) is 17.5. The Morgan fingerprint density at radius 2 is 2.09 bits per heavy atom. The number of aromatic nitrogens is 1. The van der Waals surface area contributed by atoms with E-state index in [0.29, 0.717) is 26.3 Å². The van der Waals surface area contributed by atoms with Crippen LogP contribution in [0.3, 0.4) is 0 Å². The zero-order valence-corrected chi connectivity index (χ0v) is 14.5. The number of amides is 1. The number of halogens is 2. The van der Waals surface area contributed by atoms with Gasteiger partial charge in [-0.25, -0.2) is 4.98 Å². The molecule has 0 fully saturated rings. The molecule has 0 aliphatic carbocycles. The Morgan fingerprint density at radius 3 is 2.82 bits per heavy atom. The summed E-state index contributed by atoms with van der Waals surface area (Å²) in [5, 5.41) is 8.57. The van der Waals surface area contributed by atoms with Crippen LogP contribution in [0.5, 0.6) is 0 Å². The summed E-state index contributed by atoms with van der Waals surface area (Å²) in [6.45, 7) is 1.82. The molecule has 3 nitrogen and oxygen atoms in total. The molecule has 112 valence electrons. The van der Waals surface area contributed by atoms with Crippen molar-refractivity contribution in [2.24, 2.45) is 0 Å². The predicted octanol–water partition coefficient (Wildman–Crippen LogP) is 5.74. The molecule has 2 heterocycles. The number of hydrogen-bond acceptors (Lipinski definition) is 4. The molecule has 0 saturated carbocycles. The molecule has 0 spiro atoms. The van der Waals surface area contributed by atoms with Gasteiger partial charge in [0.25, 0.3) is 5.91 Å². The van der Waals surface area contributed by atoms with Crippen molar-refractivity contribution in [1.82, 2.24) is 4.98 Å². The lowest BCUT2D eigenvalue weighted by Gasteiger charge is -2.06. The van der Waals surface area contributed by atoms with E-state index in [0.717, 1.165) is 10.6 Å². The maximum atomic E-state index is 12.4. The van der Waals surface area contributed by atoms with Crippen molar-refractivity contribution in [3.05, 3.63) is 55.6 Å². The van der Waals surface area contributed by atoms with Crippen LogP contribution in [0, 0.1) is 6.92 Å². The molecule has 22 heavy (non-hydrogen) atoms. The highest BCUT2D eigenvalue weighted by Crippen LogP contribution is 2.31. The number of carbonyl (C=O) groups is 1. The molecule has 0 bridgehead atoms. The van der Waals surface area contributed by atoms with Gasteiger partial charge in [-0.2, -0.15) is 11.3 Å². The lowest BCUT2D eigenvalue weighted by atomic mass is 10.3. The second kappa shape index (κ2) is 6.38. The molecule has 0 radical (unpaired) electrons. The normalized spacial score (nSPS) is 10.7. The molecular formula is C15H10Cl2N2OS2. The number of rotatable bonds is 3. The highest BCUT2D eigenvalue weighted by atomic mass is 35.5. The second-order valence-corrected chi connectivity index (χ2v) is 7.15. The smallest absolute Gasteiger partial charge is 0.267 e.